The number of hydrogen-bond acceptors (Lipinski definition) is 5. The van der Waals surface area contributed by atoms with Gasteiger partial charge in [-0.3, -0.25) is 4.99 Å². The van der Waals surface area contributed by atoms with Crippen molar-refractivity contribution in [2.75, 3.05) is 20.3 Å². The summed E-state index contributed by atoms with van der Waals surface area (Å²) < 4.78 is 59.3. The minimum Gasteiger partial charge on any atom is -0.493 e. The highest BCUT2D eigenvalue weighted by Gasteiger charge is 2.33. The molecule has 0 radical (unpaired) electrons. The molecule has 1 aliphatic rings. The van der Waals surface area contributed by atoms with Crippen LogP contribution in [0.4, 0.5) is 13.2 Å². The first-order chi connectivity index (χ1) is 16.1. The zero-order chi connectivity index (χ0) is 24.6. The Hall–Kier alpha value is -3.07. The summed E-state index contributed by atoms with van der Waals surface area (Å²) in [6, 6.07) is 7.35. The van der Waals surface area contributed by atoms with Gasteiger partial charge in [0.15, 0.2) is 17.0 Å². The Kier molecular flexibility index (Phi) is 6.58. The molecule has 182 valence electrons. The van der Waals surface area contributed by atoms with Crippen LogP contribution in [-0.4, -0.2) is 36.0 Å². The number of benzene rings is 2. The lowest BCUT2D eigenvalue weighted by molar-refractivity contribution is -0.138. The summed E-state index contributed by atoms with van der Waals surface area (Å²) in [5, 5.41) is 0.722. The third-order valence-electron chi connectivity index (χ3n) is 6.27. The molecule has 1 fully saturated rings. The van der Waals surface area contributed by atoms with Crippen LogP contribution in [0.15, 0.2) is 35.3 Å². The number of halogens is 3. The predicted octanol–water partition coefficient (Wildman–Crippen LogP) is 5.05. The van der Waals surface area contributed by atoms with E-state index >= 15 is 0 Å². The van der Waals surface area contributed by atoms with Crippen molar-refractivity contribution in [3.8, 4) is 11.5 Å². The molecule has 1 unspecified atom stereocenters. The molecule has 2 aromatic carbocycles. The number of ether oxygens (including phenoxy) is 3. The second-order valence-electron chi connectivity index (χ2n) is 8.49. The van der Waals surface area contributed by atoms with E-state index in [1.807, 2.05) is 30.7 Å². The lowest BCUT2D eigenvalue weighted by Crippen LogP contribution is -2.20. The molecule has 0 aliphatic carbocycles. The van der Waals surface area contributed by atoms with Crippen LogP contribution in [0.3, 0.4) is 0 Å². The standard InChI is InChI=1S/C25H28F3N3O3/c1-14-18(7-6-8-20(14)25(26,27)28)15(2)29-24-19-11-23(34-17-9-10-33-13-17)22(32-5)12-21(19)31(4)16(3)30-24/h6-8,11-12,15,17H,9-10,13H2,1-5H3/b29-24-/t15?,17-/m0/s1. The van der Waals surface area contributed by atoms with Crippen molar-refractivity contribution < 1.29 is 27.4 Å². The summed E-state index contributed by atoms with van der Waals surface area (Å²) in [7, 11) is 3.47. The van der Waals surface area contributed by atoms with Gasteiger partial charge in [-0.15, -0.1) is 0 Å². The van der Waals surface area contributed by atoms with Gasteiger partial charge in [0.05, 0.1) is 37.4 Å². The molecule has 3 aromatic rings. The Balaban J connectivity index is 1.87. The second kappa shape index (κ2) is 9.29. The van der Waals surface area contributed by atoms with E-state index < -0.39 is 17.8 Å². The molecular weight excluding hydrogens is 447 g/mol. The summed E-state index contributed by atoms with van der Waals surface area (Å²) in [6.07, 6.45) is -3.72. The van der Waals surface area contributed by atoms with E-state index in [0.29, 0.717) is 41.6 Å². The van der Waals surface area contributed by atoms with Crippen LogP contribution < -0.4 is 15.0 Å². The largest absolute Gasteiger partial charge is 0.493 e. The Morgan fingerprint density at radius 1 is 1.21 bits per heavy atom. The number of nitrogens with zero attached hydrogens (tertiary/aromatic N) is 3. The van der Waals surface area contributed by atoms with Crippen molar-refractivity contribution in [2.24, 2.45) is 12.0 Å². The third-order valence-corrected chi connectivity index (χ3v) is 6.27. The quantitative estimate of drug-likeness (QED) is 0.518. The Bertz CT molecular complexity index is 1280. The normalized spacial score (nSPS) is 17.9. The van der Waals surface area contributed by atoms with Gasteiger partial charge in [0.25, 0.3) is 0 Å². The molecule has 1 aromatic heterocycles. The first kappa shape index (κ1) is 24.1. The zero-order valence-electron chi connectivity index (χ0n) is 19.9. The van der Waals surface area contributed by atoms with Gasteiger partial charge in [0.1, 0.15) is 11.9 Å². The number of rotatable bonds is 5. The number of hydrogen-bond donors (Lipinski definition) is 0. The van der Waals surface area contributed by atoms with Gasteiger partial charge in [-0.25, -0.2) is 4.98 Å². The minimum atomic E-state index is -4.42. The van der Waals surface area contributed by atoms with E-state index in [0.717, 1.165) is 23.4 Å². The first-order valence-electron chi connectivity index (χ1n) is 11.1. The van der Waals surface area contributed by atoms with Gasteiger partial charge in [-0.05, 0) is 44.0 Å². The molecule has 6 nitrogen and oxygen atoms in total. The van der Waals surface area contributed by atoms with Crippen LogP contribution in [0.25, 0.3) is 10.9 Å². The number of aryl methyl sites for hydroxylation is 2. The lowest BCUT2D eigenvalue weighted by Gasteiger charge is -2.18. The molecule has 2 heterocycles. The maximum atomic E-state index is 13.4. The van der Waals surface area contributed by atoms with E-state index in [4.69, 9.17) is 19.2 Å². The Labute approximate surface area is 196 Å². The summed E-state index contributed by atoms with van der Waals surface area (Å²) >= 11 is 0. The molecule has 34 heavy (non-hydrogen) atoms. The van der Waals surface area contributed by atoms with Crippen molar-refractivity contribution in [1.29, 1.82) is 0 Å². The first-order valence-corrected chi connectivity index (χ1v) is 11.1. The fourth-order valence-electron chi connectivity index (χ4n) is 4.27. The molecule has 0 N–H and O–H groups in total. The summed E-state index contributed by atoms with van der Waals surface area (Å²) in [5.74, 6) is 1.84. The zero-order valence-corrected chi connectivity index (χ0v) is 19.9. The van der Waals surface area contributed by atoms with Crippen molar-refractivity contribution in [3.05, 3.63) is 58.3 Å². The predicted molar refractivity (Wildman–Crippen MR) is 122 cm³/mol. The van der Waals surface area contributed by atoms with E-state index in [1.165, 1.54) is 13.0 Å². The second-order valence-corrected chi connectivity index (χ2v) is 8.49. The minimum absolute atomic E-state index is 0.0782. The SMILES string of the molecule is COc1cc2c(cc1O[C@H]1CCOC1)/c(=N/C(C)c1cccc(C(F)(F)F)c1C)nc(C)n2C. The number of methoxy groups -OCH3 is 1. The van der Waals surface area contributed by atoms with Crippen molar-refractivity contribution in [1.82, 2.24) is 9.55 Å². The van der Waals surface area contributed by atoms with Crippen molar-refractivity contribution in [3.63, 3.8) is 0 Å². The molecule has 2 atom stereocenters. The van der Waals surface area contributed by atoms with E-state index in [-0.39, 0.29) is 11.7 Å². The molecule has 1 aliphatic heterocycles. The smallest absolute Gasteiger partial charge is 0.416 e. The monoisotopic (exact) mass is 475 g/mol. The summed E-state index contributed by atoms with van der Waals surface area (Å²) in [6.45, 7) is 6.25. The fourth-order valence-corrected chi connectivity index (χ4v) is 4.27. The topological polar surface area (TPSA) is 57.9 Å². The molecule has 1 saturated heterocycles. The highest BCUT2D eigenvalue weighted by atomic mass is 19.4. The van der Waals surface area contributed by atoms with Crippen LogP contribution in [0.1, 0.15) is 41.9 Å². The van der Waals surface area contributed by atoms with Crippen molar-refractivity contribution >= 4 is 10.9 Å². The van der Waals surface area contributed by atoms with Gasteiger partial charge >= 0.3 is 6.18 Å². The van der Waals surface area contributed by atoms with Gasteiger partial charge < -0.3 is 18.8 Å². The van der Waals surface area contributed by atoms with Crippen LogP contribution in [0, 0.1) is 13.8 Å². The van der Waals surface area contributed by atoms with Crippen LogP contribution in [0.5, 0.6) is 11.5 Å². The van der Waals surface area contributed by atoms with Gasteiger partial charge in [0.2, 0.25) is 0 Å². The highest BCUT2D eigenvalue weighted by molar-refractivity contribution is 5.82. The number of alkyl halides is 3. The van der Waals surface area contributed by atoms with Gasteiger partial charge in [0, 0.05) is 24.9 Å². The van der Waals surface area contributed by atoms with Gasteiger partial charge in [-0.2, -0.15) is 13.2 Å². The van der Waals surface area contributed by atoms with Crippen LogP contribution >= 0.6 is 0 Å². The molecule has 0 amide bonds. The maximum Gasteiger partial charge on any atom is 0.416 e. The van der Waals surface area contributed by atoms with Gasteiger partial charge in [-0.1, -0.05) is 12.1 Å². The highest BCUT2D eigenvalue weighted by Crippen LogP contribution is 2.36. The molecule has 9 heteroatoms. The van der Waals surface area contributed by atoms with Crippen molar-refractivity contribution in [2.45, 2.75) is 45.5 Å². The van der Waals surface area contributed by atoms with Crippen LogP contribution in [0.2, 0.25) is 0 Å². The molecule has 4 rings (SSSR count). The summed E-state index contributed by atoms with van der Waals surface area (Å²) in [4.78, 5) is 9.41. The van der Waals surface area contributed by atoms with E-state index in [2.05, 4.69) is 4.98 Å². The molecular formula is C25H28F3N3O3. The molecule has 0 bridgehead atoms. The van der Waals surface area contributed by atoms with E-state index in [9.17, 15) is 13.2 Å². The Morgan fingerprint density at radius 2 is 1.97 bits per heavy atom. The maximum absolute atomic E-state index is 13.4. The Morgan fingerprint density at radius 3 is 2.62 bits per heavy atom. The fraction of sp³-hybridized carbons (Fsp3) is 0.440. The molecule has 0 spiro atoms. The molecule has 0 saturated carbocycles. The number of aromatic nitrogens is 2. The van der Waals surface area contributed by atoms with Crippen LogP contribution in [-0.2, 0) is 18.0 Å². The average molecular weight is 476 g/mol. The van der Waals surface area contributed by atoms with E-state index in [1.54, 1.807) is 20.1 Å². The third kappa shape index (κ3) is 4.61. The average Bonchev–Trinajstić information content (AvgIpc) is 3.29. The lowest BCUT2D eigenvalue weighted by atomic mass is 9.97. The number of fused-ring (bicyclic) bond motifs is 1. The summed E-state index contributed by atoms with van der Waals surface area (Å²) in [5.41, 5.74) is 1.28.